The molecule has 1 aromatic rings. The summed E-state index contributed by atoms with van der Waals surface area (Å²) >= 11 is 3.68. The Morgan fingerprint density at radius 1 is 1.21 bits per heavy atom. The molecule has 1 fully saturated rings. The molecular weight excluding hydrogens is 370 g/mol. The molecule has 0 spiro atoms. The second-order valence-corrected chi connectivity index (χ2v) is 6.93. The molecule has 0 atom stereocenters. The lowest BCUT2D eigenvalue weighted by Gasteiger charge is -2.20. The average molecular weight is 398 g/mol. The van der Waals surface area contributed by atoms with Gasteiger partial charge in [0.1, 0.15) is 0 Å². The maximum Gasteiger partial charge on any atom is 0.191 e. The maximum absolute atomic E-state index is 5.45. The molecule has 0 saturated heterocycles. The third kappa shape index (κ3) is 5.76. The summed E-state index contributed by atoms with van der Waals surface area (Å²) in [4.78, 5) is 4.30. The lowest BCUT2D eigenvalue weighted by molar-refractivity contribution is 0.0698. The fourth-order valence-electron chi connectivity index (χ4n) is 2.68. The SMILES string of the molecule is CN=C(NCCCOCCOC)NCC1(c2ccccc2Br)CC1. The minimum Gasteiger partial charge on any atom is -0.382 e. The van der Waals surface area contributed by atoms with E-state index in [0.29, 0.717) is 13.2 Å². The number of halogens is 1. The second-order valence-electron chi connectivity index (χ2n) is 6.07. The van der Waals surface area contributed by atoms with Crippen LogP contribution in [0.3, 0.4) is 0 Å². The molecule has 0 heterocycles. The van der Waals surface area contributed by atoms with E-state index in [1.165, 1.54) is 22.9 Å². The maximum atomic E-state index is 5.45. The van der Waals surface area contributed by atoms with Crippen molar-refractivity contribution in [3.63, 3.8) is 0 Å². The highest BCUT2D eigenvalue weighted by Gasteiger charge is 2.45. The standard InChI is InChI=1S/C18H28BrN3O2/c1-20-17(21-10-5-11-24-13-12-23-2)22-14-18(8-9-18)15-6-3-4-7-16(15)19/h3-4,6-7H,5,8-14H2,1-2H3,(H2,20,21,22). The Kier molecular flexibility index (Phi) is 8.02. The summed E-state index contributed by atoms with van der Waals surface area (Å²) in [5, 5.41) is 6.81. The van der Waals surface area contributed by atoms with Crippen LogP contribution in [0, 0.1) is 0 Å². The molecule has 5 nitrogen and oxygen atoms in total. The normalized spacial score (nSPS) is 16.0. The number of aliphatic imine (C=N–C) groups is 1. The van der Waals surface area contributed by atoms with E-state index >= 15 is 0 Å². The average Bonchev–Trinajstić information content (AvgIpc) is 3.38. The van der Waals surface area contributed by atoms with Crippen LogP contribution in [-0.2, 0) is 14.9 Å². The smallest absolute Gasteiger partial charge is 0.191 e. The van der Waals surface area contributed by atoms with Crippen molar-refractivity contribution in [1.29, 1.82) is 0 Å². The van der Waals surface area contributed by atoms with Gasteiger partial charge in [0.15, 0.2) is 5.96 Å². The zero-order valence-corrected chi connectivity index (χ0v) is 16.2. The van der Waals surface area contributed by atoms with Crippen LogP contribution in [0.4, 0.5) is 0 Å². The van der Waals surface area contributed by atoms with Crippen molar-refractivity contribution < 1.29 is 9.47 Å². The fourth-order valence-corrected chi connectivity index (χ4v) is 3.39. The molecule has 0 radical (unpaired) electrons. The zero-order valence-electron chi connectivity index (χ0n) is 14.6. The molecule has 24 heavy (non-hydrogen) atoms. The summed E-state index contributed by atoms with van der Waals surface area (Å²) in [6.45, 7) is 3.77. The molecule has 1 aromatic carbocycles. The predicted molar refractivity (Wildman–Crippen MR) is 102 cm³/mol. The molecule has 2 N–H and O–H groups in total. The van der Waals surface area contributed by atoms with Crippen LogP contribution in [-0.4, -0.2) is 53.0 Å². The van der Waals surface area contributed by atoms with E-state index in [0.717, 1.165) is 32.1 Å². The molecule has 0 unspecified atom stereocenters. The first-order valence-corrected chi connectivity index (χ1v) is 9.27. The van der Waals surface area contributed by atoms with Gasteiger partial charge in [0, 0.05) is 43.7 Å². The molecule has 6 heteroatoms. The predicted octanol–water partition coefficient (Wildman–Crippen LogP) is 2.70. The van der Waals surface area contributed by atoms with Crippen molar-refractivity contribution in [1.82, 2.24) is 10.6 Å². The minimum absolute atomic E-state index is 0.237. The highest BCUT2D eigenvalue weighted by molar-refractivity contribution is 9.10. The zero-order chi connectivity index (χ0) is 17.3. The summed E-state index contributed by atoms with van der Waals surface area (Å²) in [6, 6.07) is 8.50. The van der Waals surface area contributed by atoms with E-state index in [1.54, 1.807) is 7.11 Å². The van der Waals surface area contributed by atoms with Crippen LogP contribution in [0.15, 0.2) is 33.7 Å². The summed E-state index contributed by atoms with van der Waals surface area (Å²) < 4.78 is 11.6. The summed E-state index contributed by atoms with van der Waals surface area (Å²) in [5.74, 6) is 0.852. The van der Waals surface area contributed by atoms with Gasteiger partial charge in [-0.05, 0) is 30.9 Å². The Labute approximate surface area is 153 Å². The number of benzene rings is 1. The van der Waals surface area contributed by atoms with E-state index in [9.17, 15) is 0 Å². The first-order chi connectivity index (χ1) is 11.7. The van der Waals surface area contributed by atoms with Gasteiger partial charge in [-0.1, -0.05) is 34.1 Å². The van der Waals surface area contributed by atoms with Crippen LogP contribution in [0.25, 0.3) is 0 Å². The third-order valence-electron chi connectivity index (χ3n) is 4.31. The topological polar surface area (TPSA) is 54.9 Å². The largest absolute Gasteiger partial charge is 0.382 e. The van der Waals surface area contributed by atoms with Crippen LogP contribution in [0.1, 0.15) is 24.8 Å². The quantitative estimate of drug-likeness (QED) is 0.362. The Morgan fingerprint density at radius 2 is 2.00 bits per heavy atom. The Hall–Kier alpha value is -1.11. The van der Waals surface area contributed by atoms with Crippen LogP contribution < -0.4 is 10.6 Å². The lowest BCUT2D eigenvalue weighted by Crippen LogP contribution is -2.41. The van der Waals surface area contributed by atoms with E-state index in [4.69, 9.17) is 9.47 Å². The molecule has 0 aromatic heterocycles. The van der Waals surface area contributed by atoms with Gasteiger partial charge >= 0.3 is 0 Å². The van der Waals surface area contributed by atoms with E-state index in [2.05, 4.69) is 55.8 Å². The summed E-state index contributed by atoms with van der Waals surface area (Å²) in [7, 11) is 3.49. The molecule has 1 aliphatic carbocycles. The number of nitrogens with one attached hydrogen (secondary N) is 2. The van der Waals surface area contributed by atoms with E-state index in [1.807, 2.05) is 7.05 Å². The van der Waals surface area contributed by atoms with Crippen LogP contribution in [0.2, 0.25) is 0 Å². The van der Waals surface area contributed by atoms with Gasteiger partial charge in [0.2, 0.25) is 0 Å². The Bertz CT molecular complexity index is 533. The number of ether oxygens (including phenoxy) is 2. The minimum atomic E-state index is 0.237. The monoisotopic (exact) mass is 397 g/mol. The van der Waals surface area contributed by atoms with Gasteiger partial charge in [-0.3, -0.25) is 4.99 Å². The van der Waals surface area contributed by atoms with Crippen molar-refractivity contribution >= 4 is 21.9 Å². The van der Waals surface area contributed by atoms with Crippen molar-refractivity contribution in [3.05, 3.63) is 34.3 Å². The molecule has 1 saturated carbocycles. The van der Waals surface area contributed by atoms with Crippen molar-refractivity contribution in [2.75, 3.05) is 47.1 Å². The second kappa shape index (κ2) is 10.0. The van der Waals surface area contributed by atoms with Gasteiger partial charge in [-0.2, -0.15) is 0 Å². The molecule has 2 rings (SSSR count). The number of hydrogen-bond donors (Lipinski definition) is 2. The highest BCUT2D eigenvalue weighted by atomic mass is 79.9. The van der Waals surface area contributed by atoms with E-state index in [-0.39, 0.29) is 5.41 Å². The molecule has 0 amide bonds. The highest BCUT2D eigenvalue weighted by Crippen LogP contribution is 2.49. The molecule has 1 aliphatic rings. The van der Waals surface area contributed by atoms with Crippen LogP contribution >= 0.6 is 15.9 Å². The number of nitrogens with zero attached hydrogens (tertiary/aromatic N) is 1. The van der Waals surface area contributed by atoms with Crippen LogP contribution in [0.5, 0.6) is 0 Å². The number of rotatable bonds is 10. The molecule has 0 bridgehead atoms. The fraction of sp³-hybridized carbons (Fsp3) is 0.611. The van der Waals surface area contributed by atoms with E-state index < -0.39 is 0 Å². The Morgan fingerprint density at radius 3 is 2.67 bits per heavy atom. The van der Waals surface area contributed by atoms with Gasteiger partial charge in [0.25, 0.3) is 0 Å². The lowest BCUT2D eigenvalue weighted by atomic mass is 9.96. The Balaban J connectivity index is 1.69. The number of hydrogen-bond acceptors (Lipinski definition) is 3. The first kappa shape index (κ1) is 19.2. The first-order valence-electron chi connectivity index (χ1n) is 8.48. The third-order valence-corrected chi connectivity index (χ3v) is 5.00. The molecule has 134 valence electrons. The molecular formula is C18H28BrN3O2. The van der Waals surface area contributed by atoms with Gasteiger partial charge < -0.3 is 20.1 Å². The van der Waals surface area contributed by atoms with Crippen molar-refractivity contribution in [2.45, 2.75) is 24.7 Å². The van der Waals surface area contributed by atoms with Gasteiger partial charge in [-0.15, -0.1) is 0 Å². The van der Waals surface area contributed by atoms with Crippen molar-refractivity contribution in [3.8, 4) is 0 Å². The van der Waals surface area contributed by atoms with Crippen molar-refractivity contribution in [2.24, 2.45) is 4.99 Å². The number of guanidine groups is 1. The summed E-state index contributed by atoms with van der Waals surface area (Å²) in [5.41, 5.74) is 1.63. The van der Waals surface area contributed by atoms with Gasteiger partial charge in [0.05, 0.1) is 13.2 Å². The number of methoxy groups -OCH3 is 1. The molecule has 0 aliphatic heterocycles. The summed E-state index contributed by atoms with van der Waals surface area (Å²) in [6.07, 6.45) is 3.37. The van der Waals surface area contributed by atoms with Gasteiger partial charge in [-0.25, -0.2) is 0 Å².